The monoisotopic (exact) mass is 281 g/mol. The van der Waals surface area contributed by atoms with Crippen LogP contribution >= 0.6 is 0 Å². The number of aromatic nitrogens is 2. The van der Waals surface area contributed by atoms with E-state index in [1.165, 1.54) is 0 Å². The molecule has 2 N–H and O–H groups in total. The summed E-state index contributed by atoms with van der Waals surface area (Å²) in [5, 5.41) is 0.952. The molecule has 0 spiro atoms. The average molecular weight is 281 g/mol. The summed E-state index contributed by atoms with van der Waals surface area (Å²) < 4.78 is 10.6. The standard InChI is InChI=1S/C16H15N3O2/c1-20-13-7-4-11(9-14(13)21-2)12-6-3-10-5-8-15(17)19-16(10)18-12/h3-9H,1-2H3,(H2,17,18,19). The maximum atomic E-state index is 5.71. The van der Waals surface area contributed by atoms with Crippen molar-refractivity contribution in [1.82, 2.24) is 9.97 Å². The van der Waals surface area contributed by atoms with E-state index < -0.39 is 0 Å². The van der Waals surface area contributed by atoms with Crippen molar-refractivity contribution in [2.75, 3.05) is 20.0 Å². The first-order valence-electron chi connectivity index (χ1n) is 6.47. The molecule has 2 aromatic heterocycles. The van der Waals surface area contributed by atoms with E-state index in [1.54, 1.807) is 20.3 Å². The molecular weight excluding hydrogens is 266 g/mol. The Bertz CT molecular complexity index is 803. The molecule has 0 saturated heterocycles. The van der Waals surface area contributed by atoms with Gasteiger partial charge in [0.2, 0.25) is 0 Å². The van der Waals surface area contributed by atoms with E-state index in [9.17, 15) is 0 Å². The molecule has 0 saturated carbocycles. The molecular formula is C16H15N3O2. The van der Waals surface area contributed by atoms with Crippen LogP contribution in [0.25, 0.3) is 22.3 Å². The lowest BCUT2D eigenvalue weighted by Gasteiger charge is -2.09. The van der Waals surface area contributed by atoms with Gasteiger partial charge in [-0.3, -0.25) is 0 Å². The van der Waals surface area contributed by atoms with Crippen LogP contribution in [-0.2, 0) is 0 Å². The third-order valence-corrected chi connectivity index (χ3v) is 3.25. The first-order valence-corrected chi connectivity index (χ1v) is 6.47. The summed E-state index contributed by atoms with van der Waals surface area (Å²) in [6.45, 7) is 0. The molecule has 5 nitrogen and oxygen atoms in total. The highest BCUT2D eigenvalue weighted by atomic mass is 16.5. The van der Waals surface area contributed by atoms with Crippen molar-refractivity contribution in [3.63, 3.8) is 0 Å². The second kappa shape index (κ2) is 5.28. The summed E-state index contributed by atoms with van der Waals surface area (Å²) >= 11 is 0. The number of rotatable bonds is 3. The van der Waals surface area contributed by atoms with Crippen molar-refractivity contribution in [3.8, 4) is 22.8 Å². The predicted molar refractivity (Wildman–Crippen MR) is 82.5 cm³/mol. The van der Waals surface area contributed by atoms with Gasteiger partial charge in [-0.25, -0.2) is 9.97 Å². The highest BCUT2D eigenvalue weighted by Crippen LogP contribution is 2.32. The Hall–Kier alpha value is -2.82. The van der Waals surface area contributed by atoms with Crippen LogP contribution < -0.4 is 15.2 Å². The van der Waals surface area contributed by atoms with Crippen molar-refractivity contribution in [2.45, 2.75) is 0 Å². The second-order valence-electron chi connectivity index (χ2n) is 4.55. The predicted octanol–water partition coefficient (Wildman–Crippen LogP) is 2.90. The summed E-state index contributed by atoms with van der Waals surface area (Å²) in [4.78, 5) is 8.80. The van der Waals surface area contributed by atoms with Gasteiger partial charge in [0.1, 0.15) is 5.82 Å². The van der Waals surface area contributed by atoms with Crippen LogP contribution in [0.3, 0.4) is 0 Å². The van der Waals surface area contributed by atoms with Gasteiger partial charge in [0.25, 0.3) is 0 Å². The summed E-state index contributed by atoms with van der Waals surface area (Å²) in [5.41, 5.74) is 8.07. The van der Waals surface area contributed by atoms with E-state index in [1.807, 2.05) is 36.4 Å². The minimum Gasteiger partial charge on any atom is -0.493 e. The number of nitrogen functional groups attached to an aromatic ring is 1. The van der Waals surface area contributed by atoms with Crippen molar-refractivity contribution in [1.29, 1.82) is 0 Å². The molecule has 3 aromatic rings. The zero-order chi connectivity index (χ0) is 14.8. The van der Waals surface area contributed by atoms with Crippen LogP contribution in [0.1, 0.15) is 0 Å². The van der Waals surface area contributed by atoms with E-state index >= 15 is 0 Å². The lowest BCUT2D eigenvalue weighted by atomic mass is 10.1. The number of benzene rings is 1. The van der Waals surface area contributed by atoms with E-state index in [2.05, 4.69) is 9.97 Å². The molecule has 0 radical (unpaired) electrons. The number of methoxy groups -OCH3 is 2. The number of nitrogens with zero attached hydrogens (tertiary/aromatic N) is 2. The molecule has 0 aliphatic carbocycles. The smallest absolute Gasteiger partial charge is 0.162 e. The average Bonchev–Trinajstić information content (AvgIpc) is 2.53. The number of hydrogen-bond acceptors (Lipinski definition) is 5. The van der Waals surface area contributed by atoms with Crippen LogP contribution in [0.2, 0.25) is 0 Å². The summed E-state index contributed by atoms with van der Waals surface area (Å²) in [6.07, 6.45) is 0. The molecule has 0 aliphatic rings. The zero-order valence-electron chi connectivity index (χ0n) is 11.8. The van der Waals surface area contributed by atoms with Gasteiger partial charge in [0, 0.05) is 10.9 Å². The zero-order valence-corrected chi connectivity index (χ0v) is 11.8. The Labute approximate surface area is 122 Å². The lowest BCUT2D eigenvalue weighted by molar-refractivity contribution is 0.355. The second-order valence-corrected chi connectivity index (χ2v) is 4.55. The lowest BCUT2D eigenvalue weighted by Crippen LogP contribution is -1.94. The molecule has 0 aliphatic heterocycles. The van der Waals surface area contributed by atoms with Gasteiger partial charge in [-0.15, -0.1) is 0 Å². The van der Waals surface area contributed by atoms with Gasteiger partial charge >= 0.3 is 0 Å². The van der Waals surface area contributed by atoms with Gasteiger partial charge in [-0.2, -0.15) is 0 Å². The van der Waals surface area contributed by atoms with Gasteiger partial charge in [-0.05, 0) is 42.5 Å². The van der Waals surface area contributed by atoms with Crippen molar-refractivity contribution in [3.05, 3.63) is 42.5 Å². The Balaban J connectivity index is 2.11. The minimum atomic E-state index is 0.458. The Morgan fingerprint density at radius 3 is 2.38 bits per heavy atom. The first-order chi connectivity index (χ1) is 10.2. The van der Waals surface area contributed by atoms with Gasteiger partial charge in [0.15, 0.2) is 17.1 Å². The van der Waals surface area contributed by atoms with Crippen LogP contribution in [0, 0.1) is 0 Å². The fourth-order valence-electron chi connectivity index (χ4n) is 2.17. The van der Waals surface area contributed by atoms with Crippen LogP contribution in [0.5, 0.6) is 11.5 Å². The molecule has 106 valence electrons. The van der Waals surface area contributed by atoms with Crippen molar-refractivity contribution >= 4 is 16.9 Å². The van der Waals surface area contributed by atoms with E-state index in [-0.39, 0.29) is 0 Å². The molecule has 3 rings (SSSR count). The van der Waals surface area contributed by atoms with Gasteiger partial charge < -0.3 is 15.2 Å². The molecule has 21 heavy (non-hydrogen) atoms. The number of ether oxygens (including phenoxy) is 2. The third kappa shape index (κ3) is 2.45. The molecule has 2 heterocycles. The van der Waals surface area contributed by atoms with Crippen molar-refractivity contribution in [2.24, 2.45) is 0 Å². The van der Waals surface area contributed by atoms with Gasteiger partial charge in [0.05, 0.1) is 19.9 Å². The molecule has 0 amide bonds. The Morgan fingerprint density at radius 2 is 1.62 bits per heavy atom. The number of fused-ring (bicyclic) bond motifs is 1. The number of pyridine rings is 2. The summed E-state index contributed by atoms with van der Waals surface area (Å²) in [5.74, 6) is 1.81. The fraction of sp³-hybridized carbons (Fsp3) is 0.125. The molecule has 0 fully saturated rings. The number of nitrogens with two attached hydrogens (primary N) is 1. The Kier molecular flexibility index (Phi) is 3.31. The van der Waals surface area contributed by atoms with E-state index in [0.717, 1.165) is 16.6 Å². The molecule has 0 bridgehead atoms. The number of anilines is 1. The molecule has 0 unspecified atom stereocenters. The topological polar surface area (TPSA) is 70.3 Å². The number of hydrogen-bond donors (Lipinski definition) is 1. The summed E-state index contributed by atoms with van der Waals surface area (Å²) in [6, 6.07) is 13.3. The molecule has 0 atom stereocenters. The highest BCUT2D eigenvalue weighted by Gasteiger charge is 2.08. The maximum absolute atomic E-state index is 5.71. The largest absolute Gasteiger partial charge is 0.493 e. The van der Waals surface area contributed by atoms with Crippen LogP contribution in [-0.4, -0.2) is 24.2 Å². The van der Waals surface area contributed by atoms with Crippen molar-refractivity contribution < 1.29 is 9.47 Å². The molecule has 5 heteroatoms. The maximum Gasteiger partial charge on any atom is 0.162 e. The quantitative estimate of drug-likeness (QED) is 0.799. The van der Waals surface area contributed by atoms with E-state index in [4.69, 9.17) is 15.2 Å². The third-order valence-electron chi connectivity index (χ3n) is 3.25. The highest BCUT2D eigenvalue weighted by molar-refractivity contribution is 5.79. The summed E-state index contributed by atoms with van der Waals surface area (Å²) in [7, 11) is 3.22. The Morgan fingerprint density at radius 1 is 0.857 bits per heavy atom. The minimum absolute atomic E-state index is 0.458. The molecule has 1 aromatic carbocycles. The van der Waals surface area contributed by atoms with Gasteiger partial charge in [-0.1, -0.05) is 0 Å². The normalized spacial score (nSPS) is 10.6. The van der Waals surface area contributed by atoms with E-state index in [0.29, 0.717) is 23.0 Å². The van der Waals surface area contributed by atoms with Crippen LogP contribution in [0.15, 0.2) is 42.5 Å². The SMILES string of the molecule is COc1ccc(-c2ccc3ccc(N)nc3n2)cc1OC. The van der Waals surface area contributed by atoms with Crippen LogP contribution in [0.4, 0.5) is 5.82 Å². The first kappa shape index (κ1) is 13.2. The fourth-order valence-corrected chi connectivity index (χ4v) is 2.17.